The molecule has 1 aliphatic rings. The zero-order valence-corrected chi connectivity index (χ0v) is 20.4. The van der Waals surface area contributed by atoms with Gasteiger partial charge in [-0.05, 0) is 34.1 Å². The highest BCUT2D eigenvalue weighted by Crippen LogP contribution is 2.41. The molecule has 3 heterocycles. The number of aromatic nitrogens is 4. The smallest absolute Gasteiger partial charge is 0.194 e. The van der Waals surface area contributed by atoms with Crippen LogP contribution in [0.4, 0.5) is 13.2 Å². The minimum absolute atomic E-state index is 0.0397. The Balaban J connectivity index is 1.69. The Hall–Kier alpha value is -1.74. The largest absolute Gasteiger partial charge is 0.394 e. The predicted octanol–water partition coefficient (Wildman–Crippen LogP) is 3.60. The van der Waals surface area contributed by atoms with Gasteiger partial charge in [0.05, 0.1) is 17.8 Å². The van der Waals surface area contributed by atoms with Crippen molar-refractivity contribution in [3.8, 4) is 11.3 Å². The maximum absolute atomic E-state index is 13.7. The standard InChI is InChI=1S/C20H17BrClF3N4O4S/c1-32-18-16(29-6-12(27-28-29)8-2-10(23)15(25)11(24)3-8)17(31)13(7-30)33-20(18)34-14-4-9(22)5-26-19(14)21/h2-6,13,16-18,20,30-31H,7H2,1H3/t13?,16-,17-,18?,20+/m0/s1. The molecule has 0 bridgehead atoms. The summed E-state index contributed by atoms with van der Waals surface area (Å²) < 4.78 is 54.0. The van der Waals surface area contributed by atoms with Crippen molar-refractivity contribution in [2.45, 2.75) is 34.7 Å². The third kappa shape index (κ3) is 4.96. The van der Waals surface area contributed by atoms with E-state index in [1.54, 1.807) is 6.07 Å². The number of nitrogens with zero attached hydrogens (tertiary/aromatic N) is 4. The summed E-state index contributed by atoms with van der Waals surface area (Å²) in [6, 6.07) is 2.34. The fourth-order valence-corrected chi connectivity index (χ4v) is 5.50. The molecule has 1 fully saturated rings. The molecule has 0 saturated carbocycles. The van der Waals surface area contributed by atoms with Gasteiger partial charge < -0.3 is 19.7 Å². The zero-order valence-electron chi connectivity index (χ0n) is 17.3. The fourth-order valence-electron chi connectivity index (χ4n) is 3.58. The summed E-state index contributed by atoms with van der Waals surface area (Å²) in [4.78, 5) is 4.76. The summed E-state index contributed by atoms with van der Waals surface area (Å²) in [6.07, 6.45) is -0.293. The molecular weight excluding hydrogens is 565 g/mol. The van der Waals surface area contributed by atoms with Gasteiger partial charge in [-0.2, -0.15) is 0 Å². The van der Waals surface area contributed by atoms with Crippen molar-refractivity contribution in [1.82, 2.24) is 20.0 Å². The Labute approximate surface area is 209 Å². The van der Waals surface area contributed by atoms with Crippen molar-refractivity contribution in [3.05, 3.63) is 57.7 Å². The van der Waals surface area contributed by atoms with Crippen LogP contribution in [0.25, 0.3) is 11.3 Å². The average molecular weight is 582 g/mol. The van der Waals surface area contributed by atoms with Crippen LogP contribution in [0.15, 0.2) is 40.1 Å². The van der Waals surface area contributed by atoms with Gasteiger partial charge in [0.1, 0.15) is 40.1 Å². The van der Waals surface area contributed by atoms with Gasteiger partial charge >= 0.3 is 0 Å². The van der Waals surface area contributed by atoms with Crippen LogP contribution in [-0.4, -0.2) is 67.7 Å². The van der Waals surface area contributed by atoms with E-state index in [-0.39, 0.29) is 11.3 Å². The molecule has 2 N–H and O–H groups in total. The van der Waals surface area contributed by atoms with Crippen LogP contribution in [0.2, 0.25) is 5.02 Å². The normalized spacial score (nSPS) is 25.0. The molecule has 8 nitrogen and oxygen atoms in total. The summed E-state index contributed by atoms with van der Waals surface area (Å²) in [5, 5.41) is 29.0. The Morgan fingerprint density at radius 1 is 1.26 bits per heavy atom. The van der Waals surface area contributed by atoms with E-state index in [0.29, 0.717) is 14.5 Å². The molecule has 0 spiro atoms. The molecule has 4 rings (SSSR count). The van der Waals surface area contributed by atoms with Gasteiger partial charge in [0.25, 0.3) is 0 Å². The summed E-state index contributed by atoms with van der Waals surface area (Å²) in [7, 11) is 1.41. The van der Waals surface area contributed by atoms with Gasteiger partial charge in [0, 0.05) is 23.8 Å². The Bertz CT molecular complexity index is 1170. The highest BCUT2D eigenvalue weighted by molar-refractivity contribution is 9.10. The first-order valence-electron chi connectivity index (χ1n) is 9.75. The van der Waals surface area contributed by atoms with Gasteiger partial charge in [-0.3, -0.25) is 0 Å². The van der Waals surface area contributed by atoms with Gasteiger partial charge in [-0.1, -0.05) is 28.6 Å². The number of aliphatic hydroxyl groups excluding tert-OH is 2. The zero-order chi connectivity index (χ0) is 24.6. The van der Waals surface area contributed by atoms with Crippen molar-refractivity contribution in [1.29, 1.82) is 0 Å². The topological polar surface area (TPSA) is 103 Å². The second-order valence-corrected chi connectivity index (χ2v) is 9.63. The van der Waals surface area contributed by atoms with Crippen molar-refractivity contribution in [3.63, 3.8) is 0 Å². The van der Waals surface area contributed by atoms with Crippen molar-refractivity contribution < 1.29 is 32.9 Å². The van der Waals surface area contributed by atoms with E-state index in [1.807, 2.05) is 0 Å². The first kappa shape index (κ1) is 25.4. The summed E-state index contributed by atoms with van der Waals surface area (Å²) in [5.74, 6) is -4.34. The summed E-state index contributed by atoms with van der Waals surface area (Å²) in [5.41, 5.74) is -0.755. The van der Waals surface area contributed by atoms with E-state index in [1.165, 1.54) is 35.9 Å². The quantitative estimate of drug-likeness (QED) is 0.336. The van der Waals surface area contributed by atoms with Crippen LogP contribution in [-0.2, 0) is 9.47 Å². The molecule has 1 aromatic carbocycles. The van der Waals surface area contributed by atoms with Crippen molar-refractivity contribution in [2.75, 3.05) is 13.7 Å². The molecule has 5 atom stereocenters. The van der Waals surface area contributed by atoms with Crippen molar-refractivity contribution in [2.24, 2.45) is 0 Å². The molecule has 182 valence electrons. The molecule has 0 radical (unpaired) electrons. The lowest BCUT2D eigenvalue weighted by Crippen LogP contribution is -2.55. The fraction of sp³-hybridized carbons (Fsp3) is 0.350. The molecule has 14 heteroatoms. The van der Waals surface area contributed by atoms with Gasteiger partial charge in [-0.15, -0.1) is 5.10 Å². The molecule has 2 unspecified atom stereocenters. The number of benzene rings is 1. The molecule has 1 saturated heterocycles. The Morgan fingerprint density at radius 2 is 1.97 bits per heavy atom. The summed E-state index contributed by atoms with van der Waals surface area (Å²) in [6.45, 7) is -0.504. The number of thioether (sulfide) groups is 1. The van der Waals surface area contributed by atoms with Crippen molar-refractivity contribution >= 4 is 39.3 Å². The maximum atomic E-state index is 13.7. The second kappa shape index (κ2) is 10.5. The molecule has 0 amide bonds. The predicted molar refractivity (Wildman–Crippen MR) is 120 cm³/mol. The average Bonchev–Trinajstić information content (AvgIpc) is 3.29. The third-order valence-electron chi connectivity index (χ3n) is 5.21. The maximum Gasteiger partial charge on any atom is 0.194 e. The monoisotopic (exact) mass is 580 g/mol. The van der Waals surface area contributed by atoms with E-state index in [4.69, 9.17) is 21.1 Å². The van der Waals surface area contributed by atoms with Crippen LogP contribution >= 0.6 is 39.3 Å². The molecule has 34 heavy (non-hydrogen) atoms. The third-order valence-corrected chi connectivity index (χ3v) is 7.49. The van der Waals surface area contributed by atoms with E-state index in [0.717, 1.165) is 12.1 Å². The van der Waals surface area contributed by atoms with E-state index in [9.17, 15) is 23.4 Å². The first-order valence-corrected chi connectivity index (χ1v) is 11.8. The lowest BCUT2D eigenvalue weighted by atomic mass is 9.97. The van der Waals surface area contributed by atoms with E-state index in [2.05, 4.69) is 31.2 Å². The first-order chi connectivity index (χ1) is 16.2. The number of hydrogen-bond acceptors (Lipinski definition) is 8. The van der Waals surface area contributed by atoms with Gasteiger partial charge in [0.15, 0.2) is 17.5 Å². The molecule has 0 aliphatic carbocycles. The Kier molecular flexibility index (Phi) is 7.82. The summed E-state index contributed by atoms with van der Waals surface area (Å²) >= 11 is 10.6. The van der Waals surface area contributed by atoms with Crippen LogP contribution in [0.3, 0.4) is 0 Å². The lowest BCUT2D eigenvalue weighted by Gasteiger charge is -2.43. The van der Waals surface area contributed by atoms with E-state index >= 15 is 0 Å². The van der Waals surface area contributed by atoms with Crippen LogP contribution < -0.4 is 0 Å². The number of pyridine rings is 1. The van der Waals surface area contributed by atoms with Crippen LogP contribution in [0.1, 0.15) is 6.04 Å². The number of hydrogen-bond donors (Lipinski definition) is 2. The van der Waals surface area contributed by atoms with Gasteiger partial charge in [0.2, 0.25) is 0 Å². The molecule has 2 aromatic heterocycles. The highest BCUT2D eigenvalue weighted by Gasteiger charge is 2.47. The number of methoxy groups -OCH3 is 1. The minimum atomic E-state index is -1.59. The SMILES string of the molecule is COC1[C@@H](Sc2cc(Cl)cnc2Br)OC(CO)[C@H](O)[C@@H]1n1cc(-c2cc(F)c(F)c(F)c2)nn1. The molecule has 1 aliphatic heterocycles. The van der Waals surface area contributed by atoms with Crippen LogP contribution in [0.5, 0.6) is 0 Å². The number of aliphatic hydroxyl groups is 2. The number of halogens is 5. The second-order valence-electron chi connectivity index (χ2n) is 7.31. The highest BCUT2D eigenvalue weighted by atomic mass is 79.9. The minimum Gasteiger partial charge on any atom is -0.394 e. The molecule has 3 aromatic rings. The molecular formula is C20H17BrClF3N4O4S. The lowest BCUT2D eigenvalue weighted by molar-refractivity contribution is -0.186. The van der Waals surface area contributed by atoms with Gasteiger partial charge in [-0.25, -0.2) is 22.8 Å². The van der Waals surface area contributed by atoms with E-state index < -0.39 is 53.8 Å². The number of ether oxygens (including phenoxy) is 2. The number of rotatable bonds is 6. The van der Waals surface area contributed by atoms with Crippen LogP contribution in [0, 0.1) is 17.5 Å². The Morgan fingerprint density at radius 3 is 2.62 bits per heavy atom.